The molecule has 3 amide bonds. The van der Waals surface area contributed by atoms with Crippen molar-refractivity contribution in [3.05, 3.63) is 71.8 Å². The molecule has 37 heavy (non-hydrogen) atoms. The number of nitrogens with one attached hydrogen (secondary N) is 3. The zero-order valence-corrected chi connectivity index (χ0v) is 21.4. The minimum absolute atomic E-state index is 0.0225. The van der Waals surface area contributed by atoms with E-state index in [2.05, 4.69) is 16.0 Å². The zero-order valence-electron chi connectivity index (χ0n) is 20.6. The molecule has 0 spiro atoms. The third-order valence-electron chi connectivity index (χ3n) is 5.60. The van der Waals surface area contributed by atoms with Crippen molar-refractivity contribution in [3.8, 4) is 0 Å². The molecular formula is C26H34N4O6S. The summed E-state index contributed by atoms with van der Waals surface area (Å²) < 4.78 is 0. The smallest absolute Gasteiger partial charge is 0.326 e. The van der Waals surface area contributed by atoms with Crippen molar-refractivity contribution in [2.45, 2.75) is 43.4 Å². The van der Waals surface area contributed by atoms with E-state index in [0.717, 1.165) is 5.56 Å². The average molecular weight is 531 g/mol. The van der Waals surface area contributed by atoms with Crippen LogP contribution < -0.4 is 21.7 Å². The summed E-state index contributed by atoms with van der Waals surface area (Å²) in [6, 6.07) is 13.1. The number of hydrogen-bond acceptors (Lipinski definition) is 7. The van der Waals surface area contributed by atoms with Crippen LogP contribution in [0.15, 0.2) is 60.7 Å². The Hall–Kier alpha value is -3.41. The Kier molecular flexibility index (Phi) is 12.6. The van der Waals surface area contributed by atoms with Crippen LogP contribution in [-0.4, -0.2) is 76.7 Å². The highest BCUT2D eigenvalue weighted by atomic mass is 32.2. The van der Waals surface area contributed by atoms with E-state index in [4.69, 9.17) is 5.73 Å². The maximum Gasteiger partial charge on any atom is 0.326 e. The number of aliphatic hydroxyl groups is 1. The van der Waals surface area contributed by atoms with Crippen LogP contribution in [0.4, 0.5) is 0 Å². The minimum Gasteiger partial charge on any atom is -0.480 e. The summed E-state index contributed by atoms with van der Waals surface area (Å²) in [4.78, 5) is 50.2. The number of aliphatic carboxylic acids is 1. The highest BCUT2D eigenvalue weighted by molar-refractivity contribution is 7.98. The first-order valence-corrected chi connectivity index (χ1v) is 13.2. The molecule has 0 aliphatic carbocycles. The van der Waals surface area contributed by atoms with Crippen molar-refractivity contribution in [3.63, 3.8) is 0 Å². The maximum absolute atomic E-state index is 13.1. The molecule has 4 unspecified atom stereocenters. The van der Waals surface area contributed by atoms with Gasteiger partial charge in [-0.3, -0.25) is 14.4 Å². The summed E-state index contributed by atoms with van der Waals surface area (Å²) in [5.41, 5.74) is 7.41. The molecule has 0 aromatic heterocycles. The topological polar surface area (TPSA) is 171 Å². The Labute approximate surface area is 220 Å². The standard InChI is InChI=1S/C26H34N4O6S/c1-37-13-12-19(27)23(32)28-20(14-17-8-4-2-5-9-17)24(33)30-22(16-31)25(34)29-21(26(35)36)15-18-10-6-3-7-11-18/h2-11,19-22,31H,12-16,27H2,1H3,(H,28,32)(H,29,34)(H,30,33)(H,35,36). The number of benzene rings is 2. The van der Waals surface area contributed by atoms with Crippen LogP contribution in [0, 0.1) is 0 Å². The molecule has 0 radical (unpaired) electrons. The quantitative estimate of drug-likeness (QED) is 0.188. The minimum atomic E-state index is -1.43. The Morgan fingerprint density at radius 2 is 1.24 bits per heavy atom. The normalized spacial score (nSPS) is 14.0. The number of nitrogens with two attached hydrogens (primary N) is 1. The van der Waals surface area contributed by atoms with Crippen molar-refractivity contribution >= 4 is 35.5 Å². The lowest BCUT2D eigenvalue weighted by molar-refractivity contribution is -0.142. The fraction of sp³-hybridized carbons (Fsp3) is 0.385. The second-order valence-electron chi connectivity index (χ2n) is 8.47. The van der Waals surface area contributed by atoms with E-state index in [1.165, 1.54) is 0 Å². The van der Waals surface area contributed by atoms with E-state index in [9.17, 15) is 29.4 Å². The third-order valence-corrected chi connectivity index (χ3v) is 6.24. The molecular weight excluding hydrogens is 496 g/mol. The van der Waals surface area contributed by atoms with Gasteiger partial charge in [-0.05, 0) is 29.6 Å². The number of amides is 3. The van der Waals surface area contributed by atoms with Crippen LogP contribution in [0.3, 0.4) is 0 Å². The van der Waals surface area contributed by atoms with Gasteiger partial charge in [0.25, 0.3) is 0 Å². The largest absolute Gasteiger partial charge is 0.480 e. The van der Waals surface area contributed by atoms with Crippen molar-refractivity contribution in [2.24, 2.45) is 5.73 Å². The molecule has 2 rings (SSSR count). The summed E-state index contributed by atoms with van der Waals surface area (Å²) in [6.07, 6.45) is 2.46. The van der Waals surface area contributed by atoms with E-state index in [-0.39, 0.29) is 12.8 Å². The van der Waals surface area contributed by atoms with Gasteiger partial charge in [0, 0.05) is 12.8 Å². The van der Waals surface area contributed by atoms with E-state index < -0.39 is 54.5 Å². The molecule has 2 aromatic carbocycles. The highest BCUT2D eigenvalue weighted by Crippen LogP contribution is 2.07. The average Bonchev–Trinajstić information content (AvgIpc) is 2.90. The summed E-state index contributed by atoms with van der Waals surface area (Å²) in [5, 5.41) is 26.8. The second kappa shape index (κ2) is 15.6. The monoisotopic (exact) mass is 530 g/mol. The van der Waals surface area contributed by atoms with Gasteiger partial charge in [0.05, 0.1) is 12.6 Å². The zero-order chi connectivity index (χ0) is 27.2. The number of aliphatic hydroxyl groups excluding tert-OH is 1. The van der Waals surface area contributed by atoms with Crippen molar-refractivity contribution in [1.82, 2.24) is 16.0 Å². The molecule has 2 aromatic rings. The van der Waals surface area contributed by atoms with Crippen LogP contribution in [0.25, 0.3) is 0 Å². The van der Waals surface area contributed by atoms with Gasteiger partial charge in [0.1, 0.15) is 18.1 Å². The molecule has 11 heteroatoms. The SMILES string of the molecule is CSCCC(N)C(=O)NC(Cc1ccccc1)C(=O)NC(CO)C(=O)NC(Cc1ccccc1)C(=O)O. The number of carbonyl (C=O) groups excluding carboxylic acids is 3. The van der Waals surface area contributed by atoms with E-state index in [1.807, 2.05) is 12.3 Å². The molecule has 0 saturated heterocycles. The first-order chi connectivity index (χ1) is 17.7. The fourth-order valence-corrected chi connectivity index (χ4v) is 3.99. The van der Waals surface area contributed by atoms with Crippen LogP contribution >= 0.6 is 11.8 Å². The summed E-state index contributed by atoms with van der Waals surface area (Å²) >= 11 is 1.54. The molecule has 0 fully saturated rings. The number of carboxylic acid groups (broad SMARTS) is 1. The lowest BCUT2D eigenvalue weighted by Crippen LogP contribution is -2.58. The fourth-order valence-electron chi connectivity index (χ4n) is 3.50. The summed E-state index contributed by atoms with van der Waals surface area (Å²) in [7, 11) is 0. The van der Waals surface area contributed by atoms with Crippen LogP contribution in [0.2, 0.25) is 0 Å². The summed E-state index contributed by atoms with van der Waals surface area (Å²) in [6.45, 7) is -0.769. The lowest BCUT2D eigenvalue weighted by Gasteiger charge is -2.24. The Morgan fingerprint density at radius 3 is 1.73 bits per heavy atom. The van der Waals surface area contributed by atoms with Crippen molar-refractivity contribution in [1.29, 1.82) is 0 Å². The van der Waals surface area contributed by atoms with Crippen LogP contribution in [0.1, 0.15) is 17.5 Å². The van der Waals surface area contributed by atoms with Crippen molar-refractivity contribution in [2.75, 3.05) is 18.6 Å². The first-order valence-electron chi connectivity index (χ1n) is 11.8. The van der Waals surface area contributed by atoms with Gasteiger partial charge in [-0.1, -0.05) is 60.7 Å². The predicted octanol–water partition coefficient (Wildman–Crippen LogP) is 0.0835. The molecule has 0 aliphatic heterocycles. The number of carboxylic acids is 1. The van der Waals surface area contributed by atoms with E-state index in [0.29, 0.717) is 17.7 Å². The third kappa shape index (κ3) is 10.2. The van der Waals surface area contributed by atoms with Gasteiger partial charge in [-0.15, -0.1) is 0 Å². The van der Waals surface area contributed by atoms with Gasteiger partial charge in [0.2, 0.25) is 17.7 Å². The molecule has 0 heterocycles. The molecule has 200 valence electrons. The maximum atomic E-state index is 13.1. The predicted molar refractivity (Wildman–Crippen MR) is 142 cm³/mol. The number of carbonyl (C=O) groups is 4. The van der Waals surface area contributed by atoms with Crippen molar-refractivity contribution < 1.29 is 29.4 Å². The Bertz CT molecular complexity index is 1020. The molecule has 0 saturated carbocycles. The van der Waals surface area contributed by atoms with E-state index in [1.54, 1.807) is 66.4 Å². The van der Waals surface area contributed by atoms with E-state index >= 15 is 0 Å². The highest BCUT2D eigenvalue weighted by Gasteiger charge is 2.30. The Morgan fingerprint density at radius 1 is 0.784 bits per heavy atom. The number of hydrogen-bond donors (Lipinski definition) is 6. The second-order valence-corrected chi connectivity index (χ2v) is 9.46. The van der Waals surface area contributed by atoms with Crippen LogP contribution in [0.5, 0.6) is 0 Å². The van der Waals surface area contributed by atoms with Crippen LogP contribution in [-0.2, 0) is 32.0 Å². The Balaban J connectivity index is 2.11. The van der Waals surface area contributed by atoms with Gasteiger partial charge in [-0.25, -0.2) is 4.79 Å². The van der Waals surface area contributed by atoms with Gasteiger partial charge in [-0.2, -0.15) is 11.8 Å². The lowest BCUT2D eigenvalue weighted by atomic mass is 10.0. The molecule has 7 N–H and O–H groups in total. The molecule has 0 bridgehead atoms. The van der Waals surface area contributed by atoms with Gasteiger partial charge < -0.3 is 31.9 Å². The van der Waals surface area contributed by atoms with Gasteiger partial charge in [0.15, 0.2) is 0 Å². The number of thioether (sulfide) groups is 1. The number of rotatable bonds is 15. The molecule has 10 nitrogen and oxygen atoms in total. The van der Waals surface area contributed by atoms with Gasteiger partial charge >= 0.3 is 5.97 Å². The molecule has 0 aliphatic rings. The first kappa shape index (κ1) is 29.8. The summed E-state index contributed by atoms with van der Waals surface area (Å²) in [5.74, 6) is -2.67. The molecule has 4 atom stereocenters.